The van der Waals surface area contributed by atoms with Crippen molar-refractivity contribution in [3.8, 4) is 17.2 Å². The van der Waals surface area contributed by atoms with Crippen molar-refractivity contribution in [2.75, 3.05) is 12.4 Å². The minimum atomic E-state index is -0.0121. The quantitative estimate of drug-likeness (QED) is 0.696. The molecule has 1 fully saturated rings. The van der Waals surface area contributed by atoms with E-state index in [1.807, 2.05) is 48.5 Å². The molecule has 4 rings (SSSR count). The first-order valence-electron chi connectivity index (χ1n) is 8.86. The normalized spacial score (nSPS) is 17.8. The Morgan fingerprint density at radius 2 is 1.78 bits per heavy atom. The average molecular weight is 360 g/mol. The number of amides is 1. The molecule has 0 aliphatic heterocycles. The van der Waals surface area contributed by atoms with Crippen molar-refractivity contribution in [2.45, 2.75) is 12.3 Å². The summed E-state index contributed by atoms with van der Waals surface area (Å²) < 4.78 is 11.1. The Kier molecular flexibility index (Phi) is 4.75. The van der Waals surface area contributed by atoms with E-state index in [4.69, 9.17) is 9.47 Å². The Labute approximate surface area is 158 Å². The first-order valence-corrected chi connectivity index (χ1v) is 8.86. The fourth-order valence-corrected chi connectivity index (χ4v) is 3.14. The van der Waals surface area contributed by atoms with Crippen molar-refractivity contribution in [2.24, 2.45) is 5.92 Å². The van der Waals surface area contributed by atoms with Gasteiger partial charge in [-0.25, -0.2) is 0 Å². The van der Waals surface area contributed by atoms with E-state index >= 15 is 0 Å². The molecule has 5 heteroatoms. The van der Waals surface area contributed by atoms with Gasteiger partial charge in [-0.3, -0.25) is 9.78 Å². The lowest BCUT2D eigenvalue weighted by Crippen LogP contribution is -2.14. The monoisotopic (exact) mass is 360 g/mol. The summed E-state index contributed by atoms with van der Waals surface area (Å²) in [6.07, 6.45) is 4.20. The number of ether oxygens (including phenoxy) is 2. The van der Waals surface area contributed by atoms with Gasteiger partial charge in [0.15, 0.2) is 0 Å². The summed E-state index contributed by atoms with van der Waals surface area (Å²) in [6.45, 7) is 0. The second-order valence-corrected chi connectivity index (χ2v) is 6.53. The van der Waals surface area contributed by atoms with Crippen LogP contribution in [0.15, 0.2) is 73.1 Å². The highest BCUT2D eigenvalue weighted by atomic mass is 16.5. The van der Waals surface area contributed by atoms with Gasteiger partial charge in [-0.05, 0) is 54.3 Å². The molecule has 1 N–H and O–H groups in total. The van der Waals surface area contributed by atoms with Crippen LogP contribution >= 0.6 is 0 Å². The van der Waals surface area contributed by atoms with E-state index in [-0.39, 0.29) is 17.7 Å². The second-order valence-electron chi connectivity index (χ2n) is 6.53. The van der Waals surface area contributed by atoms with Crippen LogP contribution in [-0.4, -0.2) is 18.0 Å². The highest BCUT2D eigenvalue weighted by Gasteiger charge is 2.44. The highest BCUT2D eigenvalue weighted by molar-refractivity contribution is 5.95. The van der Waals surface area contributed by atoms with E-state index in [0.29, 0.717) is 11.5 Å². The molecule has 5 nitrogen and oxygen atoms in total. The van der Waals surface area contributed by atoms with Crippen LogP contribution in [0.4, 0.5) is 5.69 Å². The lowest BCUT2D eigenvalue weighted by atomic mass is 10.1. The summed E-state index contributed by atoms with van der Waals surface area (Å²) in [5, 5.41) is 3.00. The van der Waals surface area contributed by atoms with E-state index in [1.54, 1.807) is 31.6 Å². The van der Waals surface area contributed by atoms with Gasteiger partial charge in [-0.15, -0.1) is 0 Å². The summed E-state index contributed by atoms with van der Waals surface area (Å²) >= 11 is 0. The molecule has 2 aromatic carbocycles. The number of carbonyl (C=O) groups is 1. The molecular formula is C22H20N2O3. The predicted molar refractivity (Wildman–Crippen MR) is 103 cm³/mol. The van der Waals surface area contributed by atoms with E-state index < -0.39 is 0 Å². The topological polar surface area (TPSA) is 60.5 Å². The number of benzene rings is 2. The maximum absolute atomic E-state index is 12.6. The highest BCUT2D eigenvalue weighted by Crippen LogP contribution is 2.48. The van der Waals surface area contributed by atoms with Crippen LogP contribution in [0.3, 0.4) is 0 Å². The van der Waals surface area contributed by atoms with Gasteiger partial charge in [0.05, 0.1) is 7.11 Å². The molecule has 1 saturated carbocycles. The lowest BCUT2D eigenvalue weighted by Gasteiger charge is -2.09. The van der Waals surface area contributed by atoms with Crippen LogP contribution in [0.1, 0.15) is 17.9 Å². The van der Waals surface area contributed by atoms with Crippen LogP contribution in [0.5, 0.6) is 17.2 Å². The number of nitrogens with zero attached hydrogens (tertiary/aromatic N) is 1. The van der Waals surface area contributed by atoms with Crippen molar-refractivity contribution in [1.29, 1.82) is 0 Å². The van der Waals surface area contributed by atoms with Crippen LogP contribution in [0.25, 0.3) is 0 Å². The minimum absolute atomic E-state index is 0.0121. The summed E-state index contributed by atoms with van der Waals surface area (Å²) in [6, 6.07) is 18.9. The van der Waals surface area contributed by atoms with Crippen LogP contribution < -0.4 is 14.8 Å². The maximum Gasteiger partial charge on any atom is 0.228 e. The van der Waals surface area contributed by atoms with Crippen LogP contribution in [-0.2, 0) is 4.79 Å². The van der Waals surface area contributed by atoms with Crippen molar-refractivity contribution >= 4 is 11.6 Å². The Morgan fingerprint density at radius 3 is 2.59 bits per heavy atom. The molecule has 2 unspecified atom stereocenters. The number of nitrogens with one attached hydrogen (secondary N) is 1. The van der Waals surface area contributed by atoms with Gasteiger partial charge in [0.1, 0.15) is 17.2 Å². The molecule has 0 bridgehead atoms. The molecule has 0 saturated heterocycles. The smallest absolute Gasteiger partial charge is 0.228 e. The van der Waals surface area contributed by atoms with Crippen LogP contribution in [0, 0.1) is 5.92 Å². The third kappa shape index (κ3) is 4.08. The Bertz CT molecular complexity index is 943. The number of methoxy groups -OCH3 is 1. The molecule has 1 aliphatic carbocycles. The van der Waals surface area contributed by atoms with Gasteiger partial charge in [0.25, 0.3) is 0 Å². The van der Waals surface area contributed by atoms with E-state index in [0.717, 1.165) is 23.4 Å². The maximum atomic E-state index is 12.6. The zero-order chi connectivity index (χ0) is 18.6. The van der Waals surface area contributed by atoms with E-state index in [1.165, 1.54) is 0 Å². The molecular weight excluding hydrogens is 340 g/mol. The van der Waals surface area contributed by atoms with Gasteiger partial charge in [-0.1, -0.05) is 18.2 Å². The lowest BCUT2D eigenvalue weighted by molar-refractivity contribution is -0.117. The second kappa shape index (κ2) is 7.50. The Hall–Kier alpha value is -3.34. The summed E-state index contributed by atoms with van der Waals surface area (Å²) in [4.78, 5) is 16.6. The van der Waals surface area contributed by atoms with E-state index in [9.17, 15) is 4.79 Å². The van der Waals surface area contributed by atoms with Crippen molar-refractivity contribution in [3.63, 3.8) is 0 Å². The molecule has 0 spiro atoms. The van der Waals surface area contributed by atoms with Crippen LogP contribution in [0.2, 0.25) is 0 Å². The summed E-state index contributed by atoms with van der Waals surface area (Å²) in [5.74, 6) is 2.45. The SMILES string of the molecule is COc1cccc(C2CC2C(=O)Nc2cccc(Oc3ccncc3)c2)c1. The zero-order valence-electron chi connectivity index (χ0n) is 15.0. The largest absolute Gasteiger partial charge is 0.497 e. The average Bonchev–Trinajstić information content (AvgIpc) is 3.50. The molecule has 1 amide bonds. The molecule has 1 aromatic heterocycles. The van der Waals surface area contributed by atoms with Gasteiger partial charge in [-0.2, -0.15) is 0 Å². The molecule has 3 aromatic rings. The first kappa shape index (κ1) is 17.1. The number of aromatic nitrogens is 1. The third-order valence-corrected chi connectivity index (χ3v) is 4.64. The zero-order valence-corrected chi connectivity index (χ0v) is 15.0. The van der Waals surface area contributed by atoms with Gasteiger partial charge < -0.3 is 14.8 Å². The van der Waals surface area contributed by atoms with E-state index in [2.05, 4.69) is 10.3 Å². The number of hydrogen-bond acceptors (Lipinski definition) is 4. The number of anilines is 1. The minimum Gasteiger partial charge on any atom is -0.497 e. The predicted octanol–water partition coefficient (Wildman–Crippen LogP) is 4.62. The number of pyridine rings is 1. The Morgan fingerprint density at radius 1 is 1.00 bits per heavy atom. The standard InChI is InChI=1S/C22H20N2O3/c1-26-18-6-2-4-15(12-18)20-14-21(20)22(25)24-16-5-3-7-19(13-16)27-17-8-10-23-11-9-17/h2-13,20-21H,14H2,1H3,(H,24,25). The van der Waals surface area contributed by atoms with Crippen molar-refractivity contribution in [3.05, 3.63) is 78.6 Å². The first-order chi connectivity index (χ1) is 13.2. The molecule has 27 heavy (non-hydrogen) atoms. The Balaban J connectivity index is 1.39. The molecule has 0 radical (unpaired) electrons. The van der Waals surface area contributed by atoms with Gasteiger partial charge in [0.2, 0.25) is 5.91 Å². The number of hydrogen-bond donors (Lipinski definition) is 1. The fraction of sp³-hybridized carbons (Fsp3) is 0.182. The third-order valence-electron chi connectivity index (χ3n) is 4.64. The van der Waals surface area contributed by atoms with Crippen molar-refractivity contribution < 1.29 is 14.3 Å². The number of rotatable bonds is 6. The summed E-state index contributed by atoms with van der Waals surface area (Å²) in [5.41, 5.74) is 1.87. The molecule has 136 valence electrons. The van der Waals surface area contributed by atoms with Gasteiger partial charge >= 0.3 is 0 Å². The number of carbonyl (C=O) groups excluding carboxylic acids is 1. The summed E-state index contributed by atoms with van der Waals surface area (Å²) in [7, 11) is 1.65. The molecule has 1 heterocycles. The van der Waals surface area contributed by atoms with Gasteiger partial charge in [0, 0.05) is 30.1 Å². The molecule has 1 aliphatic rings. The van der Waals surface area contributed by atoms with Crippen molar-refractivity contribution in [1.82, 2.24) is 4.98 Å². The molecule has 2 atom stereocenters. The fourth-order valence-electron chi connectivity index (χ4n) is 3.14.